The lowest BCUT2D eigenvalue weighted by molar-refractivity contribution is 0.0590. The summed E-state index contributed by atoms with van der Waals surface area (Å²) in [4.78, 5) is 30.4. The van der Waals surface area contributed by atoms with Gasteiger partial charge < -0.3 is 5.32 Å². The van der Waals surface area contributed by atoms with E-state index in [2.05, 4.69) is 33.1 Å². The number of benzene rings is 2. The number of nitrogens with zero attached hydrogens (tertiary/aromatic N) is 4. The van der Waals surface area contributed by atoms with Gasteiger partial charge in [0.05, 0.1) is 11.3 Å². The molecule has 1 fully saturated rings. The number of rotatable bonds is 4. The van der Waals surface area contributed by atoms with Crippen LogP contribution in [-0.2, 0) is 0 Å². The van der Waals surface area contributed by atoms with Crippen molar-refractivity contribution >= 4 is 40.9 Å². The van der Waals surface area contributed by atoms with E-state index in [4.69, 9.17) is 0 Å². The van der Waals surface area contributed by atoms with Gasteiger partial charge in [0.15, 0.2) is 0 Å². The Kier molecular flexibility index (Phi) is 4.94. The first-order valence-electron chi connectivity index (χ1n) is 8.99. The molecule has 2 aliphatic heterocycles. The van der Waals surface area contributed by atoms with Crippen LogP contribution >= 0.6 is 12.6 Å². The summed E-state index contributed by atoms with van der Waals surface area (Å²) in [5, 5.41) is 12.6. The summed E-state index contributed by atoms with van der Waals surface area (Å²) in [6.45, 7) is 4.76. The maximum atomic E-state index is 13.1. The van der Waals surface area contributed by atoms with Crippen LogP contribution in [0.3, 0.4) is 0 Å². The number of piperazine rings is 1. The summed E-state index contributed by atoms with van der Waals surface area (Å²) in [6, 6.07) is 7.13. The Balaban J connectivity index is 1.73. The molecule has 27 heavy (non-hydrogen) atoms. The molecule has 0 aliphatic carbocycles. The molecule has 0 aromatic heterocycles. The van der Waals surface area contributed by atoms with Gasteiger partial charge in [0, 0.05) is 62.2 Å². The van der Waals surface area contributed by atoms with E-state index in [1.165, 1.54) is 4.90 Å². The number of thiol groups is 1. The zero-order valence-electron chi connectivity index (χ0n) is 15.1. The third-order valence-corrected chi connectivity index (χ3v) is 5.59. The van der Waals surface area contributed by atoms with Gasteiger partial charge in [-0.2, -0.15) is 10.2 Å². The van der Waals surface area contributed by atoms with Gasteiger partial charge in [-0.15, -0.1) is 12.6 Å². The highest BCUT2D eigenvalue weighted by Gasteiger charge is 2.34. The Morgan fingerprint density at radius 3 is 2.59 bits per heavy atom. The fourth-order valence-electron chi connectivity index (χ4n) is 3.75. The average Bonchev–Trinajstić information content (AvgIpc) is 2.69. The van der Waals surface area contributed by atoms with Crippen molar-refractivity contribution in [2.24, 2.45) is 10.2 Å². The third kappa shape index (κ3) is 3.13. The SMILES string of the molecule is CN=Nc1cc2c3c(cccc3c1S)C(=O)N(CCN1CCNCC1)C2=O. The molecule has 2 aromatic carbocycles. The predicted molar refractivity (Wildman–Crippen MR) is 106 cm³/mol. The van der Waals surface area contributed by atoms with Crippen molar-refractivity contribution in [1.29, 1.82) is 0 Å². The van der Waals surface area contributed by atoms with Crippen LogP contribution in [0.25, 0.3) is 10.8 Å². The van der Waals surface area contributed by atoms with E-state index >= 15 is 0 Å². The molecule has 2 amide bonds. The van der Waals surface area contributed by atoms with Crippen LogP contribution in [-0.4, -0.2) is 67.9 Å². The molecule has 0 spiro atoms. The smallest absolute Gasteiger partial charge is 0.261 e. The average molecular weight is 383 g/mol. The molecule has 8 heteroatoms. The quantitative estimate of drug-likeness (QED) is 0.483. The predicted octanol–water partition coefficient (Wildman–Crippen LogP) is 2.34. The van der Waals surface area contributed by atoms with Gasteiger partial charge >= 0.3 is 0 Å². The molecular weight excluding hydrogens is 362 g/mol. The minimum atomic E-state index is -0.278. The standard InChI is InChI=1S/C19H21N5O2S/c1-20-22-15-11-14-16-12(17(15)27)3-2-4-13(16)18(25)24(19(14)26)10-9-23-7-5-21-6-8-23/h2-4,11,21,27H,5-10H2,1H3. The lowest BCUT2D eigenvalue weighted by atomic mass is 9.93. The number of amides is 2. The van der Waals surface area contributed by atoms with Gasteiger partial charge in [0.2, 0.25) is 0 Å². The second-order valence-corrected chi connectivity index (χ2v) is 7.12. The molecule has 1 saturated heterocycles. The Morgan fingerprint density at radius 2 is 1.85 bits per heavy atom. The van der Waals surface area contributed by atoms with Gasteiger partial charge in [0.25, 0.3) is 11.8 Å². The van der Waals surface area contributed by atoms with E-state index in [-0.39, 0.29) is 11.8 Å². The summed E-state index contributed by atoms with van der Waals surface area (Å²) in [5.41, 5.74) is 1.56. The largest absolute Gasteiger partial charge is 0.314 e. The molecule has 1 N–H and O–H groups in total. The van der Waals surface area contributed by atoms with E-state index in [1.807, 2.05) is 12.1 Å². The van der Waals surface area contributed by atoms with E-state index in [1.54, 1.807) is 19.2 Å². The summed E-state index contributed by atoms with van der Waals surface area (Å²) >= 11 is 4.55. The molecule has 0 unspecified atom stereocenters. The van der Waals surface area contributed by atoms with Crippen LogP contribution < -0.4 is 5.32 Å². The third-order valence-electron chi connectivity index (χ3n) is 5.12. The number of nitrogens with one attached hydrogen (secondary N) is 1. The molecule has 0 radical (unpaired) electrons. The Bertz CT molecular complexity index is 953. The molecular formula is C19H21N5O2S. The van der Waals surface area contributed by atoms with Crippen molar-refractivity contribution < 1.29 is 9.59 Å². The summed E-state index contributed by atoms with van der Waals surface area (Å²) in [6.07, 6.45) is 0. The Labute approximate surface area is 162 Å². The highest BCUT2D eigenvalue weighted by molar-refractivity contribution is 7.80. The highest BCUT2D eigenvalue weighted by atomic mass is 32.1. The van der Waals surface area contributed by atoms with Crippen LogP contribution in [0.5, 0.6) is 0 Å². The topological polar surface area (TPSA) is 77.4 Å². The monoisotopic (exact) mass is 383 g/mol. The maximum Gasteiger partial charge on any atom is 0.261 e. The minimum absolute atomic E-state index is 0.245. The van der Waals surface area contributed by atoms with Crippen molar-refractivity contribution in [3.05, 3.63) is 35.4 Å². The first-order chi connectivity index (χ1) is 13.1. The van der Waals surface area contributed by atoms with Crippen LogP contribution in [0, 0.1) is 0 Å². The fraction of sp³-hybridized carbons (Fsp3) is 0.368. The van der Waals surface area contributed by atoms with Crippen LogP contribution in [0.4, 0.5) is 5.69 Å². The van der Waals surface area contributed by atoms with Crippen molar-refractivity contribution in [2.45, 2.75) is 4.90 Å². The fourth-order valence-corrected chi connectivity index (χ4v) is 4.04. The second kappa shape index (κ2) is 7.38. The Morgan fingerprint density at radius 1 is 1.11 bits per heavy atom. The zero-order valence-corrected chi connectivity index (χ0v) is 16.0. The molecule has 7 nitrogen and oxygen atoms in total. The van der Waals surface area contributed by atoms with Crippen molar-refractivity contribution in [3.8, 4) is 0 Å². The van der Waals surface area contributed by atoms with Gasteiger partial charge in [-0.25, -0.2) is 0 Å². The number of azo groups is 1. The molecule has 2 heterocycles. The molecule has 2 aromatic rings. The van der Waals surface area contributed by atoms with Crippen LogP contribution in [0.1, 0.15) is 20.7 Å². The van der Waals surface area contributed by atoms with Crippen molar-refractivity contribution in [2.75, 3.05) is 46.3 Å². The molecule has 0 bridgehead atoms. The highest BCUT2D eigenvalue weighted by Crippen LogP contribution is 2.39. The minimum Gasteiger partial charge on any atom is -0.314 e. The van der Waals surface area contributed by atoms with Gasteiger partial charge in [0.1, 0.15) is 0 Å². The Hall–Kier alpha value is -2.29. The number of hydrogen-bond acceptors (Lipinski definition) is 7. The normalized spacial score (nSPS) is 18.1. The van der Waals surface area contributed by atoms with Crippen molar-refractivity contribution in [1.82, 2.24) is 15.1 Å². The van der Waals surface area contributed by atoms with Crippen LogP contribution in [0.2, 0.25) is 0 Å². The van der Waals surface area contributed by atoms with E-state index in [9.17, 15) is 9.59 Å². The first kappa shape index (κ1) is 18.1. The second-order valence-electron chi connectivity index (χ2n) is 6.67. The van der Waals surface area contributed by atoms with Gasteiger partial charge in [-0.1, -0.05) is 12.1 Å². The molecule has 4 rings (SSSR count). The molecule has 0 saturated carbocycles. The lowest BCUT2D eigenvalue weighted by Crippen LogP contribution is -2.49. The first-order valence-corrected chi connectivity index (χ1v) is 9.44. The number of carbonyl (C=O) groups excluding carboxylic acids is 2. The number of carbonyl (C=O) groups is 2. The van der Waals surface area contributed by atoms with E-state index < -0.39 is 0 Å². The summed E-state index contributed by atoms with van der Waals surface area (Å²) in [5.74, 6) is -0.523. The number of hydrogen-bond donors (Lipinski definition) is 2. The zero-order chi connectivity index (χ0) is 19.0. The molecule has 0 atom stereocenters. The summed E-state index contributed by atoms with van der Waals surface area (Å²) < 4.78 is 0. The van der Waals surface area contributed by atoms with E-state index in [0.29, 0.717) is 40.2 Å². The lowest BCUT2D eigenvalue weighted by Gasteiger charge is -2.32. The van der Waals surface area contributed by atoms with Crippen molar-refractivity contribution in [3.63, 3.8) is 0 Å². The maximum absolute atomic E-state index is 13.1. The molecule has 140 valence electrons. The molecule has 2 aliphatic rings. The van der Waals surface area contributed by atoms with Crippen LogP contribution in [0.15, 0.2) is 39.4 Å². The number of imide groups is 1. The van der Waals surface area contributed by atoms with E-state index in [0.717, 1.165) is 31.6 Å². The summed E-state index contributed by atoms with van der Waals surface area (Å²) in [7, 11) is 1.57. The van der Waals surface area contributed by atoms with Gasteiger partial charge in [-0.3, -0.25) is 19.4 Å². The van der Waals surface area contributed by atoms with Gasteiger partial charge in [-0.05, 0) is 17.5 Å².